The monoisotopic (exact) mass is 390 g/mol. The number of ether oxygens (including phenoxy) is 2. The minimum Gasteiger partial charge on any atom is -0.494 e. The van der Waals surface area contributed by atoms with Crippen molar-refractivity contribution in [1.29, 1.82) is 0 Å². The number of esters is 1. The molecule has 0 bridgehead atoms. The molecular formula is C22H22N4O3. The van der Waals surface area contributed by atoms with Gasteiger partial charge in [0.05, 0.1) is 19.3 Å². The van der Waals surface area contributed by atoms with E-state index in [1.807, 2.05) is 68.4 Å². The van der Waals surface area contributed by atoms with Crippen LogP contribution in [0, 0.1) is 0 Å². The molecule has 0 saturated carbocycles. The Morgan fingerprint density at radius 2 is 1.86 bits per heavy atom. The molecule has 0 amide bonds. The summed E-state index contributed by atoms with van der Waals surface area (Å²) in [4.78, 5) is 17.4. The van der Waals surface area contributed by atoms with Crippen molar-refractivity contribution in [2.45, 2.75) is 19.9 Å². The number of fused-ring (bicyclic) bond motifs is 1. The molecule has 0 spiro atoms. The number of rotatable bonds is 5. The van der Waals surface area contributed by atoms with E-state index < -0.39 is 12.0 Å². The van der Waals surface area contributed by atoms with Gasteiger partial charge in [-0.1, -0.05) is 48.5 Å². The predicted octanol–water partition coefficient (Wildman–Crippen LogP) is 3.81. The first-order chi connectivity index (χ1) is 14.1. The maximum Gasteiger partial charge on any atom is 0.338 e. The summed E-state index contributed by atoms with van der Waals surface area (Å²) in [5.74, 6) is 1.41. The Morgan fingerprint density at radius 1 is 1.14 bits per heavy atom. The third-order valence-electron chi connectivity index (χ3n) is 4.80. The van der Waals surface area contributed by atoms with Crippen molar-refractivity contribution in [3.05, 3.63) is 71.4 Å². The molecule has 0 fully saturated rings. The van der Waals surface area contributed by atoms with Crippen molar-refractivity contribution in [3.63, 3.8) is 0 Å². The standard InChI is InChI=1S/C22H22N4O3/c1-4-29-17-13-9-8-12-16(17)19-18(21(27)28-3)14(2)23-22-24-20(25-26(19)22)15-10-6-5-7-11-15/h5-13,19H,4H2,1-3H3,(H,23,24,25)/t19-/m0/s1. The van der Waals surface area contributed by atoms with Crippen LogP contribution in [0.15, 0.2) is 65.9 Å². The Labute approximate surface area is 169 Å². The highest BCUT2D eigenvalue weighted by Gasteiger charge is 2.36. The smallest absolute Gasteiger partial charge is 0.338 e. The van der Waals surface area contributed by atoms with E-state index in [0.717, 1.165) is 11.1 Å². The number of carbonyl (C=O) groups is 1. The van der Waals surface area contributed by atoms with E-state index in [1.165, 1.54) is 7.11 Å². The second kappa shape index (κ2) is 7.79. The second-order valence-electron chi connectivity index (χ2n) is 6.60. The number of allylic oxidation sites excluding steroid dienone is 1. The highest BCUT2D eigenvalue weighted by atomic mass is 16.5. The third kappa shape index (κ3) is 3.35. The number of benzene rings is 2. The Morgan fingerprint density at radius 3 is 2.59 bits per heavy atom. The van der Waals surface area contributed by atoms with Crippen LogP contribution in [0.2, 0.25) is 0 Å². The predicted molar refractivity (Wildman–Crippen MR) is 110 cm³/mol. The molecule has 2 heterocycles. The molecule has 4 rings (SSSR count). The van der Waals surface area contributed by atoms with E-state index in [4.69, 9.17) is 14.6 Å². The maximum absolute atomic E-state index is 12.7. The summed E-state index contributed by atoms with van der Waals surface area (Å²) in [5.41, 5.74) is 2.86. The zero-order chi connectivity index (χ0) is 20.4. The van der Waals surface area contributed by atoms with Gasteiger partial charge in [-0.25, -0.2) is 9.48 Å². The van der Waals surface area contributed by atoms with Gasteiger partial charge >= 0.3 is 5.97 Å². The van der Waals surface area contributed by atoms with Crippen LogP contribution in [0.4, 0.5) is 5.95 Å². The molecule has 0 saturated heterocycles. The molecule has 3 aromatic rings. The summed E-state index contributed by atoms with van der Waals surface area (Å²) in [7, 11) is 1.38. The third-order valence-corrected chi connectivity index (χ3v) is 4.80. The van der Waals surface area contributed by atoms with Crippen LogP contribution in [0.1, 0.15) is 25.5 Å². The quantitative estimate of drug-likeness (QED) is 0.668. The number of para-hydroxylation sites is 1. The van der Waals surface area contributed by atoms with Gasteiger partial charge < -0.3 is 14.8 Å². The molecule has 1 N–H and O–H groups in total. The van der Waals surface area contributed by atoms with Gasteiger partial charge in [-0.15, -0.1) is 5.10 Å². The van der Waals surface area contributed by atoms with E-state index in [-0.39, 0.29) is 0 Å². The second-order valence-corrected chi connectivity index (χ2v) is 6.60. The summed E-state index contributed by atoms with van der Waals surface area (Å²) in [6, 6.07) is 16.8. The highest BCUT2D eigenvalue weighted by molar-refractivity contribution is 5.92. The van der Waals surface area contributed by atoms with Crippen LogP contribution in [0.5, 0.6) is 5.75 Å². The minimum absolute atomic E-state index is 0.422. The topological polar surface area (TPSA) is 78.3 Å². The number of methoxy groups -OCH3 is 1. The summed E-state index contributed by atoms with van der Waals surface area (Å²) in [5, 5.41) is 7.92. The van der Waals surface area contributed by atoms with Crippen molar-refractivity contribution in [1.82, 2.24) is 14.8 Å². The number of nitrogens with zero attached hydrogens (tertiary/aromatic N) is 3. The van der Waals surface area contributed by atoms with Gasteiger partial charge in [-0.2, -0.15) is 4.98 Å². The van der Waals surface area contributed by atoms with Gasteiger partial charge in [-0.3, -0.25) is 0 Å². The molecule has 29 heavy (non-hydrogen) atoms. The van der Waals surface area contributed by atoms with Gasteiger partial charge in [0, 0.05) is 16.8 Å². The summed E-state index contributed by atoms with van der Waals surface area (Å²) < 4.78 is 12.6. The molecule has 1 aliphatic heterocycles. The van der Waals surface area contributed by atoms with E-state index >= 15 is 0 Å². The van der Waals surface area contributed by atoms with E-state index in [0.29, 0.717) is 35.4 Å². The van der Waals surface area contributed by atoms with Crippen LogP contribution in [0.3, 0.4) is 0 Å². The fraction of sp³-hybridized carbons (Fsp3) is 0.227. The molecule has 0 aliphatic carbocycles. The van der Waals surface area contributed by atoms with Crippen LogP contribution in [0.25, 0.3) is 11.4 Å². The van der Waals surface area contributed by atoms with Crippen LogP contribution >= 0.6 is 0 Å². The van der Waals surface area contributed by atoms with E-state index in [9.17, 15) is 4.79 Å². The number of carbonyl (C=O) groups excluding carboxylic acids is 1. The molecule has 0 radical (unpaired) electrons. The fourth-order valence-electron chi connectivity index (χ4n) is 3.52. The molecular weight excluding hydrogens is 368 g/mol. The molecule has 7 nitrogen and oxygen atoms in total. The first kappa shape index (κ1) is 18.7. The molecule has 2 aromatic carbocycles. The molecule has 1 aromatic heterocycles. The lowest BCUT2D eigenvalue weighted by Crippen LogP contribution is -2.29. The number of hydrogen-bond donors (Lipinski definition) is 1. The van der Waals surface area contributed by atoms with Crippen LogP contribution in [-0.2, 0) is 9.53 Å². The first-order valence-electron chi connectivity index (χ1n) is 9.43. The Balaban J connectivity index is 1.91. The van der Waals surface area contributed by atoms with Crippen LogP contribution < -0.4 is 10.1 Å². The number of nitrogens with one attached hydrogen (secondary N) is 1. The van der Waals surface area contributed by atoms with Crippen molar-refractivity contribution < 1.29 is 14.3 Å². The average Bonchev–Trinajstić information content (AvgIpc) is 3.17. The fourth-order valence-corrected chi connectivity index (χ4v) is 3.52. The molecule has 1 aliphatic rings. The van der Waals surface area contributed by atoms with Gasteiger partial charge in [0.2, 0.25) is 5.95 Å². The summed E-state index contributed by atoms with van der Waals surface area (Å²) in [6.07, 6.45) is 0. The summed E-state index contributed by atoms with van der Waals surface area (Å²) in [6.45, 7) is 4.27. The van der Waals surface area contributed by atoms with Crippen molar-refractivity contribution >= 4 is 11.9 Å². The Kier molecular flexibility index (Phi) is 5.03. The number of hydrogen-bond acceptors (Lipinski definition) is 6. The van der Waals surface area contributed by atoms with Crippen molar-refractivity contribution in [3.8, 4) is 17.1 Å². The Hall–Kier alpha value is -3.61. The molecule has 1 atom stereocenters. The van der Waals surface area contributed by atoms with Crippen molar-refractivity contribution in [2.24, 2.45) is 0 Å². The lowest BCUT2D eigenvalue weighted by molar-refractivity contribution is -0.136. The maximum atomic E-state index is 12.7. The van der Waals surface area contributed by atoms with Gasteiger partial charge in [0.25, 0.3) is 0 Å². The number of aromatic nitrogens is 3. The van der Waals surface area contributed by atoms with Crippen LogP contribution in [-0.4, -0.2) is 34.5 Å². The molecule has 0 unspecified atom stereocenters. The largest absolute Gasteiger partial charge is 0.494 e. The van der Waals surface area contributed by atoms with E-state index in [1.54, 1.807) is 4.68 Å². The first-order valence-corrected chi connectivity index (χ1v) is 9.43. The van der Waals surface area contributed by atoms with Crippen molar-refractivity contribution in [2.75, 3.05) is 19.0 Å². The molecule has 7 heteroatoms. The SMILES string of the molecule is CCOc1ccccc1[C@H]1C(C(=O)OC)=C(C)Nc2nc(-c3ccccc3)nn21. The van der Waals surface area contributed by atoms with E-state index in [2.05, 4.69) is 10.3 Å². The lowest BCUT2D eigenvalue weighted by Gasteiger charge is -2.28. The number of anilines is 1. The highest BCUT2D eigenvalue weighted by Crippen LogP contribution is 2.40. The zero-order valence-corrected chi connectivity index (χ0v) is 16.5. The average molecular weight is 390 g/mol. The van der Waals surface area contributed by atoms with Gasteiger partial charge in [0.15, 0.2) is 5.82 Å². The van der Waals surface area contributed by atoms with Gasteiger partial charge in [0.1, 0.15) is 11.8 Å². The minimum atomic E-state index is -0.522. The van der Waals surface area contributed by atoms with Gasteiger partial charge in [-0.05, 0) is 19.9 Å². The molecule has 148 valence electrons. The summed E-state index contributed by atoms with van der Waals surface area (Å²) >= 11 is 0. The lowest BCUT2D eigenvalue weighted by atomic mass is 9.95. The Bertz CT molecular complexity index is 1070. The zero-order valence-electron chi connectivity index (χ0n) is 16.5. The normalized spacial score (nSPS) is 15.5.